The lowest BCUT2D eigenvalue weighted by atomic mass is 10.1. The summed E-state index contributed by atoms with van der Waals surface area (Å²) in [6.45, 7) is 0. The first-order chi connectivity index (χ1) is 6.25. The first-order valence-corrected chi connectivity index (χ1v) is 4.20. The van der Waals surface area contributed by atoms with Gasteiger partial charge in [0.25, 0.3) is 0 Å². The molecule has 0 aromatic carbocycles. The van der Waals surface area contributed by atoms with Crippen LogP contribution in [0.25, 0.3) is 0 Å². The maximum absolute atomic E-state index is 11.5. The second-order valence-corrected chi connectivity index (χ2v) is 2.82. The van der Waals surface area contributed by atoms with Crippen LogP contribution < -0.4 is 0 Å². The molecule has 1 heterocycles. The van der Waals surface area contributed by atoms with Crippen LogP contribution in [0.1, 0.15) is 29.8 Å². The van der Waals surface area contributed by atoms with Gasteiger partial charge in [-0.05, 0) is 12.5 Å². The van der Waals surface area contributed by atoms with Crippen LogP contribution in [0, 0.1) is 12.3 Å². The van der Waals surface area contributed by atoms with Gasteiger partial charge in [0.15, 0.2) is 5.78 Å². The summed E-state index contributed by atoms with van der Waals surface area (Å²) in [5.74, 6) is 2.62. The summed E-state index contributed by atoms with van der Waals surface area (Å²) >= 11 is 0. The van der Waals surface area contributed by atoms with Gasteiger partial charge >= 0.3 is 0 Å². The van der Waals surface area contributed by atoms with Crippen molar-refractivity contribution < 1.29 is 4.79 Å². The summed E-state index contributed by atoms with van der Waals surface area (Å²) in [7, 11) is 1.76. The highest BCUT2D eigenvalue weighted by Crippen LogP contribution is 2.04. The molecule has 0 unspecified atom stereocenters. The van der Waals surface area contributed by atoms with Gasteiger partial charge in [-0.15, -0.1) is 12.3 Å². The minimum absolute atomic E-state index is 0.107. The molecule has 0 saturated carbocycles. The minimum Gasteiger partial charge on any atom is -0.292 e. The van der Waals surface area contributed by atoms with E-state index in [1.165, 1.54) is 0 Å². The fourth-order valence-corrected chi connectivity index (χ4v) is 1.13. The molecule has 13 heavy (non-hydrogen) atoms. The molecular formula is C10H12N2O. The molecule has 0 atom stereocenters. The van der Waals surface area contributed by atoms with E-state index in [9.17, 15) is 4.79 Å². The van der Waals surface area contributed by atoms with E-state index in [1.54, 1.807) is 24.0 Å². The molecule has 1 rings (SSSR count). The van der Waals surface area contributed by atoms with E-state index in [-0.39, 0.29) is 5.78 Å². The van der Waals surface area contributed by atoms with Crippen LogP contribution in [0.2, 0.25) is 0 Å². The maximum Gasteiger partial charge on any atom is 0.180 e. The first kappa shape index (κ1) is 9.53. The number of unbranched alkanes of at least 4 members (excludes halogenated alkanes) is 1. The molecule has 0 aliphatic heterocycles. The highest BCUT2D eigenvalue weighted by atomic mass is 16.1. The molecule has 0 N–H and O–H groups in total. The second-order valence-electron chi connectivity index (χ2n) is 2.82. The molecule has 0 aliphatic rings. The SMILES string of the molecule is C#CCCCC(=O)c1ccnn1C. The Labute approximate surface area is 77.8 Å². The summed E-state index contributed by atoms with van der Waals surface area (Å²) in [4.78, 5) is 11.5. The molecule has 0 spiro atoms. The van der Waals surface area contributed by atoms with E-state index in [0.29, 0.717) is 18.5 Å². The number of Topliss-reactive ketones (excluding diaryl/α,β-unsaturated/α-hetero) is 1. The maximum atomic E-state index is 11.5. The van der Waals surface area contributed by atoms with E-state index >= 15 is 0 Å². The summed E-state index contributed by atoms with van der Waals surface area (Å²) in [6.07, 6.45) is 8.61. The second kappa shape index (κ2) is 4.46. The van der Waals surface area contributed by atoms with Gasteiger partial charge in [0.2, 0.25) is 0 Å². The Morgan fingerprint density at radius 2 is 2.54 bits per heavy atom. The Bertz CT molecular complexity index is 333. The van der Waals surface area contributed by atoms with Gasteiger partial charge in [0.05, 0.1) is 0 Å². The van der Waals surface area contributed by atoms with Crippen LogP contribution in [-0.4, -0.2) is 15.6 Å². The number of rotatable bonds is 4. The number of terminal acetylenes is 1. The number of aryl methyl sites for hydroxylation is 1. The Balaban J connectivity index is 2.50. The molecule has 1 aromatic rings. The van der Waals surface area contributed by atoms with Crippen molar-refractivity contribution in [3.8, 4) is 12.3 Å². The standard InChI is InChI=1S/C10H12N2O/c1-3-4-5-6-10(13)9-7-8-11-12(9)2/h1,7-8H,4-6H2,2H3. The molecule has 68 valence electrons. The molecule has 0 fully saturated rings. The lowest BCUT2D eigenvalue weighted by Crippen LogP contribution is -2.06. The van der Waals surface area contributed by atoms with Gasteiger partial charge in [-0.2, -0.15) is 5.10 Å². The molecule has 1 aromatic heterocycles. The number of nitrogens with zero attached hydrogens (tertiary/aromatic N) is 2. The van der Waals surface area contributed by atoms with Gasteiger partial charge in [-0.25, -0.2) is 0 Å². The fraction of sp³-hybridized carbons (Fsp3) is 0.400. The average molecular weight is 176 g/mol. The Hall–Kier alpha value is -1.56. The van der Waals surface area contributed by atoms with Crippen LogP contribution in [-0.2, 0) is 7.05 Å². The normalized spacial score (nSPS) is 9.54. The first-order valence-electron chi connectivity index (χ1n) is 4.20. The molecule has 0 radical (unpaired) electrons. The van der Waals surface area contributed by atoms with Gasteiger partial charge in [-0.3, -0.25) is 9.48 Å². The van der Waals surface area contributed by atoms with E-state index in [2.05, 4.69) is 11.0 Å². The van der Waals surface area contributed by atoms with Crippen molar-refractivity contribution in [2.75, 3.05) is 0 Å². The van der Waals surface area contributed by atoms with Crippen molar-refractivity contribution >= 4 is 5.78 Å². The Morgan fingerprint density at radius 1 is 1.77 bits per heavy atom. The lowest BCUT2D eigenvalue weighted by Gasteiger charge is -1.98. The molecule has 0 bridgehead atoms. The zero-order chi connectivity index (χ0) is 9.68. The summed E-state index contributed by atoms with van der Waals surface area (Å²) in [6, 6.07) is 1.72. The van der Waals surface area contributed by atoms with Crippen LogP contribution in [0.4, 0.5) is 0 Å². The largest absolute Gasteiger partial charge is 0.292 e. The number of ketones is 1. The Kier molecular flexibility index (Phi) is 3.27. The van der Waals surface area contributed by atoms with Crippen molar-refractivity contribution in [3.63, 3.8) is 0 Å². The quantitative estimate of drug-likeness (QED) is 0.395. The predicted octanol–water partition coefficient (Wildman–Crippen LogP) is 1.41. The molecule has 0 saturated heterocycles. The molecule has 0 aliphatic carbocycles. The van der Waals surface area contributed by atoms with Crippen LogP contribution >= 0.6 is 0 Å². The van der Waals surface area contributed by atoms with Crippen LogP contribution in [0.5, 0.6) is 0 Å². The van der Waals surface area contributed by atoms with Gasteiger partial charge in [-0.1, -0.05) is 0 Å². The lowest BCUT2D eigenvalue weighted by molar-refractivity contribution is 0.0971. The molecule has 3 heteroatoms. The molecule has 0 amide bonds. The summed E-state index contributed by atoms with van der Waals surface area (Å²) < 4.78 is 1.58. The number of carbonyl (C=O) groups is 1. The van der Waals surface area contributed by atoms with E-state index in [1.807, 2.05) is 0 Å². The molecule has 3 nitrogen and oxygen atoms in total. The fourth-order valence-electron chi connectivity index (χ4n) is 1.13. The zero-order valence-electron chi connectivity index (χ0n) is 7.66. The predicted molar refractivity (Wildman–Crippen MR) is 50.2 cm³/mol. The van der Waals surface area contributed by atoms with Crippen molar-refractivity contribution in [3.05, 3.63) is 18.0 Å². The van der Waals surface area contributed by atoms with E-state index in [4.69, 9.17) is 6.42 Å². The average Bonchev–Trinajstić information content (AvgIpc) is 2.52. The molecular weight excluding hydrogens is 164 g/mol. The highest BCUT2D eigenvalue weighted by Gasteiger charge is 2.08. The minimum atomic E-state index is 0.107. The van der Waals surface area contributed by atoms with E-state index < -0.39 is 0 Å². The van der Waals surface area contributed by atoms with E-state index in [0.717, 1.165) is 6.42 Å². The Morgan fingerprint density at radius 3 is 3.08 bits per heavy atom. The van der Waals surface area contributed by atoms with Gasteiger partial charge in [0, 0.05) is 26.1 Å². The highest BCUT2D eigenvalue weighted by molar-refractivity contribution is 5.94. The third kappa shape index (κ3) is 2.45. The van der Waals surface area contributed by atoms with Gasteiger partial charge < -0.3 is 0 Å². The third-order valence-corrected chi connectivity index (χ3v) is 1.83. The topological polar surface area (TPSA) is 34.9 Å². The number of hydrogen-bond donors (Lipinski definition) is 0. The van der Waals surface area contributed by atoms with Crippen molar-refractivity contribution in [1.29, 1.82) is 0 Å². The number of aromatic nitrogens is 2. The third-order valence-electron chi connectivity index (χ3n) is 1.83. The zero-order valence-corrected chi connectivity index (χ0v) is 7.66. The van der Waals surface area contributed by atoms with Crippen LogP contribution in [0.3, 0.4) is 0 Å². The monoisotopic (exact) mass is 176 g/mol. The van der Waals surface area contributed by atoms with Crippen molar-refractivity contribution in [1.82, 2.24) is 9.78 Å². The summed E-state index contributed by atoms with van der Waals surface area (Å²) in [5.41, 5.74) is 0.650. The van der Waals surface area contributed by atoms with Crippen molar-refractivity contribution in [2.24, 2.45) is 7.05 Å². The smallest absolute Gasteiger partial charge is 0.180 e. The number of hydrogen-bond acceptors (Lipinski definition) is 2. The van der Waals surface area contributed by atoms with Crippen molar-refractivity contribution in [2.45, 2.75) is 19.3 Å². The van der Waals surface area contributed by atoms with Crippen LogP contribution in [0.15, 0.2) is 12.3 Å². The summed E-state index contributed by atoms with van der Waals surface area (Å²) in [5, 5.41) is 3.92. The number of carbonyl (C=O) groups excluding carboxylic acids is 1. The van der Waals surface area contributed by atoms with Gasteiger partial charge in [0.1, 0.15) is 5.69 Å².